The molecular formula is C15H20N4. The molecule has 1 aromatic carbocycles. The molecule has 0 bridgehead atoms. The number of nitrogens with zero attached hydrogens (tertiary/aromatic N) is 3. The Kier molecular flexibility index (Phi) is 3.90. The van der Waals surface area contributed by atoms with Gasteiger partial charge in [-0.2, -0.15) is 0 Å². The molecule has 0 fully saturated rings. The minimum absolute atomic E-state index is 0.698. The summed E-state index contributed by atoms with van der Waals surface area (Å²) >= 11 is 0. The zero-order valence-electron chi connectivity index (χ0n) is 11.7. The molecule has 0 atom stereocenters. The van der Waals surface area contributed by atoms with E-state index in [1.165, 1.54) is 11.3 Å². The molecule has 1 aromatic heterocycles. The Balaban J connectivity index is 2.39. The normalized spacial score (nSPS) is 10.3. The maximum atomic E-state index is 4.32. The first-order valence-electron chi connectivity index (χ1n) is 6.30. The Hall–Kier alpha value is -2.23. The summed E-state index contributed by atoms with van der Waals surface area (Å²) in [6, 6.07) is 6.39. The summed E-state index contributed by atoms with van der Waals surface area (Å²) in [7, 11) is 4.10. The Labute approximate surface area is 114 Å². The standard InChI is InChI=1S/C15H20N4/c1-5-8-16-15-17-9-10-19(15)13-7-6-12(2)14(11-13)18(3)4/h5-7,9-11H,1,8H2,2-4H3,(H,16,17). The highest BCUT2D eigenvalue weighted by molar-refractivity contribution is 5.59. The molecule has 100 valence electrons. The van der Waals surface area contributed by atoms with E-state index in [0.717, 1.165) is 11.6 Å². The fourth-order valence-corrected chi connectivity index (χ4v) is 2.04. The number of benzene rings is 1. The van der Waals surface area contributed by atoms with Crippen molar-refractivity contribution in [3.8, 4) is 5.69 Å². The van der Waals surface area contributed by atoms with E-state index < -0.39 is 0 Å². The van der Waals surface area contributed by atoms with Gasteiger partial charge in [0.2, 0.25) is 5.95 Å². The predicted octanol–water partition coefficient (Wildman–Crippen LogP) is 2.84. The number of aryl methyl sites for hydroxylation is 1. The van der Waals surface area contributed by atoms with E-state index in [1.807, 2.05) is 16.8 Å². The van der Waals surface area contributed by atoms with E-state index in [0.29, 0.717) is 6.54 Å². The van der Waals surface area contributed by atoms with E-state index in [1.54, 1.807) is 6.20 Å². The number of rotatable bonds is 5. The van der Waals surface area contributed by atoms with Crippen LogP contribution in [-0.4, -0.2) is 30.2 Å². The minimum atomic E-state index is 0.698. The summed E-state index contributed by atoms with van der Waals surface area (Å²) in [5.41, 5.74) is 3.56. The number of hydrogen-bond donors (Lipinski definition) is 1. The average Bonchev–Trinajstić information content (AvgIpc) is 2.85. The summed E-state index contributed by atoms with van der Waals surface area (Å²) in [6.07, 6.45) is 5.57. The van der Waals surface area contributed by atoms with Crippen LogP contribution in [0.3, 0.4) is 0 Å². The lowest BCUT2D eigenvalue weighted by Crippen LogP contribution is -2.11. The Morgan fingerprint density at radius 3 is 2.89 bits per heavy atom. The van der Waals surface area contributed by atoms with Crippen LogP contribution in [0.2, 0.25) is 0 Å². The monoisotopic (exact) mass is 256 g/mol. The zero-order valence-corrected chi connectivity index (χ0v) is 11.7. The Morgan fingerprint density at radius 2 is 2.21 bits per heavy atom. The van der Waals surface area contributed by atoms with Gasteiger partial charge in [-0.15, -0.1) is 6.58 Å². The smallest absolute Gasteiger partial charge is 0.207 e. The molecule has 0 unspecified atom stereocenters. The van der Waals surface area contributed by atoms with E-state index >= 15 is 0 Å². The Bertz CT molecular complexity index is 569. The van der Waals surface area contributed by atoms with Gasteiger partial charge in [0.05, 0.1) is 5.69 Å². The van der Waals surface area contributed by atoms with E-state index in [4.69, 9.17) is 0 Å². The maximum Gasteiger partial charge on any atom is 0.207 e. The first-order chi connectivity index (χ1) is 9.13. The van der Waals surface area contributed by atoms with Crippen LogP contribution in [-0.2, 0) is 0 Å². The molecule has 0 aliphatic rings. The minimum Gasteiger partial charge on any atom is -0.377 e. The van der Waals surface area contributed by atoms with Crippen LogP contribution in [0.1, 0.15) is 5.56 Å². The second-order valence-corrected chi connectivity index (χ2v) is 4.66. The lowest BCUT2D eigenvalue weighted by atomic mass is 10.1. The highest BCUT2D eigenvalue weighted by Crippen LogP contribution is 2.23. The first-order valence-corrected chi connectivity index (χ1v) is 6.30. The first kappa shape index (κ1) is 13.2. The third kappa shape index (κ3) is 2.78. The molecule has 0 spiro atoms. The predicted molar refractivity (Wildman–Crippen MR) is 81.3 cm³/mol. The van der Waals surface area contributed by atoms with Gasteiger partial charge in [-0.05, 0) is 24.6 Å². The molecule has 4 heteroatoms. The van der Waals surface area contributed by atoms with Crippen molar-refractivity contribution in [3.63, 3.8) is 0 Å². The second-order valence-electron chi connectivity index (χ2n) is 4.66. The van der Waals surface area contributed by atoms with Crippen LogP contribution in [0, 0.1) is 6.92 Å². The van der Waals surface area contributed by atoms with Crippen molar-refractivity contribution in [2.45, 2.75) is 6.92 Å². The van der Waals surface area contributed by atoms with Crippen LogP contribution < -0.4 is 10.2 Å². The van der Waals surface area contributed by atoms with Gasteiger partial charge in [-0.1, -0.05) is 12.1 Å². The van der Waals surface area contributed by atoms with Crippen LogP contribution >= 0.6 is 0 Å². The van der Waals surface area contributed by atoms with Crippen LogP contribution in [0.4, 0.5) is 11.6 Å². The highest BCUT2D eigenvalue weighted by Gasteiger charge is 2.07. The van der Waals surface area contributed by atoms with Gasteiger partial charge in [0, 0.05) is 38.7 Å². The van der Waals surface area contributed by atoms with Crippen molar-refractivity contribution in [1.29, 1.82) is 0 Å². The molecular weight excluding hydrogens is 236 g/mol. The fourth-order valence-electron chi connectivity index (χ4n) is 2.04. The quantitative estimate of drug-likeness (QED) is 0.835. The molecule has 0 aliphatic heterocycles. The van der Waals surface area contributed by atoms with Crippen molar-refractivity contribution in [1.82, 2.24) is 9.55 Å². The van der Waals surface area contributed by atoms with Gasteiger partial charge in [0.25, 0.3) is 0 Å². The summed E-state index contributed by atoms with van der Waals surface area (Å²) in [5.74, 6) is 0.827. The topological polar surface area (TPSA) is 33.1 Å². The third-order valence-electron chi connectivity index (χ3n) is 3.00. The lowest BCUT2D eigenvalue weighted by Gasteiger charge is -2.18. The number of imidazole rings is 1. The van der Waals surface area contributed by atoms with Crippen molar-refractivity contribution in [2.24, 2.45) is 0 Å². The molecule has 0 saturated carbocycles. The number of hydrogen-bond acceptors (Lipinski definition) is 3. The zero-order chi connectivity index (χ0) is 13.8. The molecule has 0 saturated heterocycles. The van der Waals surface area contributed by atoms with Gasteiger partial charge in [0.15, 0.2) is 0 Å². The van der Waals surface area contributed by atoms with Gasteiger partial charge in [0.1, 0.15) is 0 Å². The van der Waals surface area contributed by atoms with Crippen LogP contribution in [0.25, 0.3) is 5.69 Å². The number of aromatic nitrogens is 2. The molecule has 2 rings (SSSR count). The van der Waals surface area contributed by atoms with Gasteiger partial charge >= 0.3 is 0 Å². The lowest BCUT2D eigenvalue weighted by molar-refractivity contribution is 1.03. The SMILES string of the molecule is C=CCNc1nccn1-c1ccc(C)c(N(C)C)c1. The van der Waals surface area contributed by atoms with Gasteiger partial charge in [-0.3, -0.25) is 4.57 Å². The second kappa shape index (κ2) is 5.61. The maximum absolute atomic E-state index is 4.32. The Morgan fingerprint density at radius 1 is 1.42 bits per heavy atom. The summed E-state index contributed by atoms with van der Waals surface area (Å²) in [5, 5.41) is 3.22. The fraction of sp³-hybridized carbons (Fsp3) is 0.267. The molecule has 0 amide bonds. The molecule has 1 heterocycles. The molecule has 4 nitrogen and oxygen atoms in total. The van der Waals surface area contributed by atoms with Crippen molar-refractivity contribution in [2.75, 3.05) is 30.9 Å². The summed E-state index contributed by atoms with van der Waals surface area (Å²) < 4.78 is 2.04. The van der Waals surface area contributed by atoms with Crippen molar-refractivity contribution in [3.05, 3.63) is 48.8 Å². The third-order valence-corrected chi connectivity index (χ3v) is 3.00. The van der Waals surface area contributed by atoms with Crippen molar-refractivity contribution >= 4 is 11.6 Å². The number of anilines is 2. The van der Waals surface area contributed by atoms with Crippen LogP contribution in [0.15, 0.2) is 43.2 Å². The summed E-state index contributed by atoms with van der Waals surface area (Å²) in [6.45, 7) is 6.52. The van der Waals surface area contributed by atoms with Crippen molar-refractivity contribution < 1.29 is 0 Å². The molecule has 19 heavy (non-hydrogen) atoms. The van der Waals surface area contributed by atoms with E-state index in [-0.39, 0.29) is 0 Å². The summed E-state index contributed by atoms with van der Waals surface area (Å²) in [4.78, 5) is 6.44. The number of nitrogens with one attached hydrogen (secondary N) is 1. The highest BCUT2D eigenvalue weighted by atomic mass is 15.2. The van der Waals surface area contributed by atoms with Crippen LogP contribution in [0.5, 0.6) is 0 Å². The van der Waals surface area contributed by atoms with Gasteiger partial charge in [-0.25, -0.2) is 4.98 Å². The van der Waals surface area contributed by atoms with Gasteiger partial charge < -0.3 is 10.2 Å². The molecule has 1 N–H and O–H groups in total. The molecule has 0 aliphatic carbocycles. The molecule has 2 aromatic rings. The van der Waals surface area contributed by atoms with E-state index in [2.05, 4.69) is 61.0 Å². The largest absolute Gasteiger partial charge is 0.377 e. The average molecular weight is 256 g/mol. The van der Waals surface area contributed by atoms with E-state index in [9.17, 15) is 0 Å². The molecule has 0 radical (unpaired) electrons.